The van der Waals surface area contributed by atoms with Crippen LogP contribution in [0.25, 0.3) is 0 Å². The van der Waals surface area contributed by atoms with E-state index < -0.39 is 11.7 Å². The molecule has 0 aliphatic carbocycles. The summed E-state index contributed by atoms with van der Waals surface area (Å²) in [4.78, 5) is 14.0. The molecule has 0 bridgehead atoms. The van der Waals surface area contributed by atoms with Gasteiger partial charge in [-0.2, -0.15) is 0 Å². The van der Waals surface area contributed by atoms with Crippen molar-refractivity contribution in [3.8, 4) is 0 Å². The van der Waals surface area contributed by atoms with Crippen LogP contribution < -0.4 is 11.5 Å². The highest BCUT2D eigenvalue weighted by Gasteiger charge is 2.18. The molecule has 0 saturated heterocycles. The predicted octanol–water partition coefficient (Wildman–Crippen LogP) is 1.65. The number of carbonyl (C=O) groups is 1. The Hall–Kier alpha value is -0.790. The van der Waals surface area contributed by atoms with E-state index >= 15 is 0 Å². The molecular formula is C9H12Cl3N3O3. The van der Waals surface area contributed by atoms with Gasteiger partial charge in [-0.25, -0.2) is 9.78 Å². The Morgan fingerprint density at radius 1 is 1.39 bits per heavy atom. The molecule has 6 nitrogen and oxygen atoms in total. The minimum Gasteiger partial charge on any atom is -0.476 e. The zero-order valence-corrected chi connectivity index (χ0v) is 11.6. The van der Waals surface area contributed by atoms with Crippen molar-refractivity contribution in [2.75, 3.05) is 12.3 Å². The molecular weight excluding hydrogens is 304 g/mol. The largest absolute Gasteiger partial charge is 0.476 e. The quantitative estimate of drug-likeness (QED) is 0.615. The number of hydrogen-bond donors (Lipinski definition) is 4. The van der Waals surface area contributed by atoms with Crippen LogP contribution in [0.1, 0.15) is 17.4 Å². The second-order valence-corrected chi connectivity index (χ2v) is 4.30. The number of aromatic nitrogens is 1. The molecule has 0 fully saturated rings. The van der Waals surface area contributed by atoms with Crippen LogP contribution in [-0.4, -0.2) is 33.8 Å². The van der Waals surface area contributed by atoms with Crippen molar-refractivity contribution < 1.29 is 15.0 Å². The fraction of sp³-hybridized carbons (Fsp3) is 0.333. The van der Waals surface area contributed by atoms with Crippen molar-refractivity contribution in [3.63, 3.8) is 0 Å². The predicted molar refractivity (Wildman–Crippen MR) is 71.4 cm³/mol. The third-order valence-corrected chi connectivity index (χ3v) is 2.75. The van der Waals surface area contributed by atoms with Crippen molar-refractivity contribution in [1.82, 2.24) is 4.98 Å². The number of anilines is 1. The fourth-order valence-electron chi connectivity index (χ4n) is 0.673. The molecule has 1 heterocycles. The molecule has 18 heavy (non-hydrogen) atoms. The Bertz CT molecular complexity index is 441. The van der Waals surface area contributed by atoms with Crippen LogP contribution >= 0.6 is 34.8 Å². The number of aromatic carboxylic acids is 1. The first kappa shape index (κ1) is 17.2. The van der Waals surface area contributed by atoms with Crippen LogP contribution in [0.3, 0.4) is 0 Å². The molecule has 0 amide bonds. The van der Waals surface area contributed by atoms with Crippen molar-refractivity contribution >= 4 is 46.5 Å². The standard InChI is InChI=1S/C6H3Cl3N2O2.C3H9NO/c7-1-3(10)2(8)5(9)11-4(1)6(12)13;1-3(5)2-4/h(H2,10,11)(H,12,13);3,5H,2,4H2,1H3. The second-order valence-electron chi connectivity index (χ2n) is 3.18. The van der Waals surface area contributed by atoms with Crippen LogP contribution in [0.15, 0.2) is 0 Å². The lowest BCUT2D eigenvalue weighted by Gasteiger charge is -2.04. The number of hydrogen-bond acceptors (Lipinski definition) is 5. The Morgan fingerprint density at radius 3 is 2.17 bits per heavy atom. The smallest absolute Gasteiger partial charge is 0.356 e. The summed E-state index contributed by atoms with van der Waals surface area (Å²) in [5, 5.41) is 16.4. The van der Waals surface area contributed by atoms with Crippen LogP contribution in [0.4, 0.5) is 5.69 Å². The van der Waals surface area contributed by atoms with Gasteiger partial charge in [0.05, 0.1) is 16.8 Å². The van der Waals surface area contributed by atoms with E-state index in [2.05, 4.69) is 4.98 Å². The summed E-state index contributed by atoms with van der Waals surface area (Å²) < 4.78 is 0. The maximum atomic E-state index is 10.5. The maximum absolute atomic E-state index is 10.5. The Kier molecular flexibility index (Phi) is 7.27. The highest BCUT2D eigenvalue weighted by Crippen LogP contribution is 2.34. The van der Waals surface area contributed by atoms with E-state index in [0.29, 0.717) is 6.54 Å². The average Bonchev–Trinajstić information content (AvgIpc) is 2.31. The number of nitrogens with two attached hydrogens (primary N) is 2. The third kappa shape index (κ3) is 4.83. The molecule has 1 aromatic rings. The van der Waals surface area contributed by atoms with Gasteiger partial charge >= 0.3 is 5.97 Å². The topological polar surface area (TPSA) is 122 Å². The molecule has 0 saturated carbocycles. The molecule has 1 unspecified atom stereocenters. The molecule has 0 spiro atoms. The number of pyridine rings is 1. The lowest BCUT2D eigenvalue weighted by molar-refractivity contribution is 0.0691. The van der Waals surface area contributed by atoms with Gasteiger partial charge in [0, 0.05) is 6.54 Å². The number of rotatable bonds is 2. The van der Waals surface area contributed by atoms with E-state index in [1.54, 1.807) is 6.92 Å². The number of nitrogen functional groups attached to an aromatic ring is 1. The van der Waals surface area contributed by atoms with E-state index in [1.165, 1.54) is 0 Å². The number of carboxylic acid groups (broad SMARTS) is 1. The van der Waals surface area contributed by atoms with E-state index in [1.807, 2.05) is 0 Å². The zero-order valence-electron chi connectivity index (χ0n) is 9.32. The first-order chi connectivity index (χ1) is 8.22. The Morgan fingerprint density at radius 2 is 1.83 bits per heavy atom. The highest BCUT2D eigenvalue weighted by molar-refractivity contribution is 6.46. The molecule has 0 aromatic carbocycles. The van der Waals surface area contributed by atoms with Gasteiger partial charge in [0.1, 0.15) is 5.02 Å². The number of aliphatic hydroxyl groups excluding tert-OH is 1. The lowest BCUT2D eigenvalue weighted by Crippen LogP contribution is -2.14. The first-order valence-corrected chi connectivity index (χ1v) is 5.77. The first-order valence-electron chi connectivity index (χ1n) is 4.63. The van der Waals surface area contributed by atoms with Crippen molar-refractivity contribution in [3.05, 3.63) is 20.9 Å². The van der Waals surface area contributed by atoms with Crippen LogP contribution in [0.2, 0.25) is 15.2 Å². The van der Waals surface area contributed by atoms with Crippen LogP contribution in [-0.2, 0) is 0 Å². The normalized spacial score (nSPS) is 11.4. The molecule has 1 aromatic heterocycles. The van der Waals surface area contributed by atoms with E-state index in [-0.39, 0.29) is 27.0 Å². The minimum absolute atomic E-state index is 0.0448. The number of nitrogens with zero attached hydrogens (tertiary/aromatic N) is 1. The Balaban J connectivity index is 0.000000494. The molecule has 0 radical (unpaired) electrons. The minimum atomic E-state index is -1.31. The van der Waals surface area contributed by atoms with Crippen molar-refractivity contribution in [1.29, 1.82) is 0 Å². The van der Waals surface area contributed by atoms with E-state index in [9.17, 15) is 4.79 Å². The summed E-state index contributed by atoms with van der Waals surface area (Å²) in [7, 11) is 0. The monoisotopic (exact) mass is 315 g/mol. The molecule has 102 valence electrons. The summed E-state index contributed by atoms with van der Waals surface area (Å²) in [5.74, 6) is -1.31. The third-order valence-electron chi connectivity index (χ3n) is 1.62. The lowest BCUT2D eigenvalue weighted by atomic mass is 10.3. The van der Waals surface area contributed by atoms with Crippen molar-refractivity contribution in [2.45, 2.75) is 13.0 Å². The summed E-state index contributed by atoms with van der Waals surface area (Å²) in [6.07, 6.45) is -0.338. The van der Waals surface area contributed by atoms with Gasteiger partial charge in [0.2, 0.25) is 0 Å². The van der Waals surface area contributed by atoms with Gasteiger partial charge in [-0.05, 0) is 6.92 Å². The highest BCUT2D eigenvalue weighted by atomic mass is 35.5. The summed E-state index contributed by atoms with van der Waals surface area (Å²) in [5.41, 5.74) is 9.80. The van der Waals surface area contributed by atoms with Gasteiger partial charge < -0.3 is 21.7 Å². The average molecular weight is 317 g/mol. The number of aliphatic hydroxyl groups is 1. The number of halogens is 3. The van der Waals surface area contributed by atoms with Gasteiger partial charge in [0.25, 0.3) is 0 Å². The Labute approximate surface area is 118 Å². The molecule has 9 heteroatoms. The second kappa shape index (κ2) is 7.60. The van der Waals surface area contributed by atoms with Gasteiger partial charge in [-0.1, -0.05) is 34.8 Å². The molecule has 1 rings (SSSR count). The van der Waals surface area contributed by atoms with Gasteiger partial charge in [0.15, 0.2) is 10.8 Å². The van der Waals surface area contributed by atoms with Crippen molar-refractivity contribution in [2.24, 2.45) is 5.73 Å². The van der Waals surface area contributed by atoms with Gasteiger partial charge in [-0.15, -0.1) is 0 Å². The SMILES string of the molecule is CC(O)CN.Nc1c(Cl)c(Cl)nc(C(=O)O)c1Cl. The van der Waals surface area contributed by atoms with E-state index in [0.717, 1.165) is 0 Å². The number of carboxylic acids is 1. The van der Waals surface area contributed by atoms with Crippen LogP contribution in [0.5, 0.6) is 0 Å². The summed E-state index contributed by atoms with van der Waals surface area (Å²) in [6, 6.07) is 0. The van der Waals surface area contributed by atoms with Gasteiger partial charge in [-0.3, -0.25) is 0 Å². The fourth-order valence-corrected chi connectivity index (χ4v) is 1.26. The molecule has 1 atom stereocenters. The molecule has 0 aliphatic heterocycles. The summed E-state index contributed by atoms with van der Waals surface area (Å²) in [6.45, 7) is 2.01. The molecule has 0 aliphatic rings. The van der Waals surface area contributed by atoms with E-state index in [4.69, 9.17) is 56.5 Å². The molecule has 6 N–H and O–H groups in total. The summed E-state index contributed by atoms with van der Waals surface area (Å²) >= 11 is 16.6. The maximum Gasteiger partial charge on any atom is 0.356 e. The van der Waals surface area contributed by atoms with Crippen LogP contribution in [0, 0.1) is 0 Å². The zero-order chi connectivity index (χ0) is 14.5.